The van der Waals surface area contributed by atoms with Crippen LogP contribution in [-0.2, 0) is 18.3 Å². The predicted molar refractivity (Wildman–Crippen MR) is 108 cm³/mol. The van der Waals surface area contributed by atoms with E-state index in [9.17, 15) is 4.79 Å². The molecule has 0 spiro atoms. The van der Waals surface area contributed by atoms with E-state index in [2.05, 4.69) is 20.7 Å². The fraction of sp³-hybridized carbons (Fsp3) is 0.688. The standard InChI is InChI=1S/C16H28N6O2.HI/c1-6-17-14(18-9-13-7-8-19-21(13)5)20-12-10-22(11-12)15(23)24-16(2,3)4;/h7-8,12H,6,9-11H2,1-5H3,(H2,17,18,20);1H. The molecule has 0 unspecified atom stereocenters. The van der Waals surface area contributed by atoms with Gasteiger partial charge >= 0.3 is 6.09 Å². The molecule has 25 heavy (non-hydrogen) atoms. The highest BCUT2D eigenvalue weighted by molar-refractivity contribution is 14.0. The van der Waals surface area contributed by atoms with E-state index in [0.717, 1.165) is 18.2 Å². The van der Waals surface area contributed by atoms with Crippen molar-refractivity contribution in [2.45, 2.75) is 45.9 Å². The smallest absolute Gasteiger partial charge is 0.410 e. The summed E-state index contributed by atoms with van der Waals surface area (Å²) < 4.78 is 7.16. The number of hydrogen-bond acceptors (Lipinski definition) is 4. The lowest BCUT2D eigenvalue weighted by atomic mass is 10.1. The van der Waals surface area contributed by atoms with Crippen LogP contribution in [0.25, 0.3) is 0 Å². The summed E-state index contributed by atoms with van der Waals surface area (Å²) in [5, 5.41) is 10.7. The number of nitrogens with zero attached hydrogens (tertiary/aromatic N) is 4. The van der Waals surface area contributed by atoms with Crippen LogP contribution >= 0.6 is 24.0 Å². The molecule has 0 atom stereocenters. The molecular formula is C16H29IN6O2. The second-order valence-electron chi connectivity index (χ2n) is 6.87. The van der Waals surface area contributed by atoms with Crippen molar-refractivity contribution in [3.63, 3.8) is 0 Å². The molecule has 0 aliphatic carbocycles. The number of halogens is 1. The van der Waals surface area contributed by atoms with Crippen LogP contribution in [0.5, 0.6) is 0 Å². The van der Waals surface area contributed by atoms with Crippen LogP contribution in [0.1, 0.15) is 33.4 Å². The minimum absolute atomic E-state index is 0. The summed E-state index contributed by atoms with van der Waals surface area (Å²) in [7, 11) is 1.90. The number of likely N-dealkylation sites (tertiary alicyclic amines) is 1. The molecule has 1 amide bonds. The third kappa shape index (κ3) is 6.71. The van der Waals surface area contributed by atoms with Crippen LogP contribution in [0.15, 0.2) is 17.3 Å². The van der Waals surface area contributed by atoms with Gasteiger partial charge in [-0.15, -0.1) is 24.0 Å². The minimum Gasteiger partial charge on any atom is -0.444 e. The van der Waals surface area contributed by atoms with Crippen molar-refractivity contribution in [3.8, 4) is 0 Å². The summed E-state index contributed by atoms with van der Waals surface area (Å²) in [6.07, 6.45) is 1.49. The quantitative estimate of drug-likeness (QED) is 0.403. The van der Waals surface area contributed by atoms with E-state index in [4.69, 9.17) is 4.74 Å². The Morgan fingerprint density at radius 1 is 1.44 bits per heavy atom. The van der Waals surface area contributed by atoms with Gasteiger partial charge in [0.15, 0.2) is 5.96 Å². The SMILES string of the molecule is CCNC(=NCc1ccnn1C)NC1CN(C(=O)OC(C)(C)C)C1.I. The lowest BCUT2D eigenvalue weighted by Gasteiger charge is -2.40. The number of aliphatic imine (C=N–C) groups is 1. The second-order valence-corrected chi connectivity index (χ2v) is 6.87. The Bertz CT molecular complexity index is 590. The molecule has 2 N–H and O–H groups in total. The van der Waals surface area contributed by atoms with Crippen LogP contribution < -0.4 is 10.6 Å². The first kappa shape index (κ1) is 21.5. The third-order valence-electron chi connectivity index (χ3n) is 3.54. The summed E-state index contributed by atoms with van der Waals surface area (Å²) in [6.45, 7) is 10.2. The molecule has 1 aromatic heterocycles. The van der Waals surface area contributed by atoms with Gasteiger partial charge in [0.05, 0.1) is 18.3 Å². The van der Waals surface area contributed by atoms with Gasteiger partial charge in [-0.3, -0.25) is 4.68 Å². The normalized spacial score (nSPS) is 15.2. The summed E-state index contributed by atoms with van der Waals surface area (Å²) >= 11 is 0. The molecular weight excluding hydrogens is 435 g/mol. The van der Waals surface area contributed by atoms with E-state index in [1.807, 2.05) is 40.8 Å². The van der Waals surface area contributed by atoms with Gasteiger partial charge in [-0.2, -0.15) is 5.10 Å². The highest BCUT2D eigenvalue weighted by Crippen LogP contribution is 2.15. The number of aromatic nitrogens is 2. The van der Waals surface area contributed by atoms with Crippen molar-refractivity contribution in [2.75, 3.05) is 19.6 Å². The van der Waals surface area contributed by atoms with E-state index in [1.165, 1.54) is 0 Å². The molecule has 1 aliphatic heterocycles. The number of ether oxygens (including phenoxy) is 1. The molecule has 1 fully saturated rings. The highest BCUT2D eigenvalue weighted by atomic mass is 127. The molecule has 0 bridgehead atoms. The van der Waals surface area contributed by atoms with Crippen LogP contribution in [0.2, 0.25) is 0 Å². The Morgan fingerprint density at radius 2 is 2.12 bits per heavy atom. The molecule has 0 radical (unpaired) electrons. The van der Waals surface area contributed by atoms with Crippen molar-refractivity contribution in [3.05, 3.63) is 18.0 Å². The van der Waals surface area contributed by atoms with Gasteiger partial charge < -0.3 is 20.3 Å². The molecule has 1 saturated heterocycles. The molecule has 1 aromatic rings. The molecule has 0 aromatic carbocycles. The van der Waals surface area contributed by atoms with Gasteiger partial charge in [0.1, 0.15) is 5.60 Å². The Balaban J connectivity index is 0.00000312. The summed E-state index contributed by atoms with van der Waals surface area (Å²) in [6, 6.07) is 2.13. The Hall–Kier alpha value is -1.52. The monoisotopic (exact) mass is 464 g/mol. The number of aryl methyl sites for hydroxylation is 1. The van der Waals surface area contributed by atoms with Crippen LogP contribution in [0, 0.1) is 0 Å². The van der Waals surface area contributed by atoms with Gasteiger partial charge in [-0.05, 0) is 33.8 Å². The van der Waals surface area contributed by atoms with Crippen LogP contribution in [0.3, 0.4) is 0 Å². The Morgan fingerprint density at radius 3 is 2.64 bits per heavy atom. The van der Waals surface area contributed by atoms with E-state index >= 15 is 0 Å². The summed E-state index contributed by atoms with van der Waals surface area (Å²) in [5.41, 5.74) is 0.575. The molecule has 8 nitrogen and oxygen atoms in total. The zero-order valence-corrected chi connectivity index (χ0v) is 17.9. The number of rotatable bonds is 4. The van der Waals surface area contributed by atoms with Crippen LogP contribution in [-0.4, -0.2) is 58.0 Å². The maximum absolute atomic E-state index is 11.9. The molecule has 2 heterocycles. The molecule has 142 valence electrons. The fourth-order valence-corrected chi connectivity index (χ4v) is 2.28. The van der Waals surface area contributed by atoms with Crippen molar-refractivity contribution in [1.29, 1.82) is 0 Å². The summed E-state index contributed by atoms with van der Waals surface area (Å²) in [4.78, 5) is 18.2. The maximum atomic E-state index is 11.9. The van der Waals surface area contributed by atoms with Crippen molar-refractivity contribution < 1.29 is 9.53 Å². The zero-order chi connectivity index (χ0) is 17.7. The maximum Gasteiger partial charge on any atom is 0.410 e. The molecule has 1 aliphatic rings. The van der Waals surface area contributed by atoms with E-state index in [-0.39, 0.29) is 36.1 Å². The van der Waals surface area contributed by atoms with E-state index < -0.39 is 5.60 Å². The predicted octanol–water partition coefficient (Wildman–Crippen LogP) is 1.71. The van der Waals surface area contributed by atoms with Gasteiger partial charge in [-0.1, -0.05) is 0 Å². The van der Waals surface area contributed by atoms with Crippen molar-refractivity contribution >= 4 is 36.0 Å². The lowest BCUT2D eigenvalue weighted by molar-refractivity contribution is 0.00701. The zero-order valence-electron chi connectivity index (χ0n) is 15.6. The molecule has 0 saturated carbocycles. The Labute approximate surface area is 166 Å². The number of amides is 1. The van der Waals surface area contributed by atoms with E-state index in [1.54, 1.807) is 15.8 Å². The van der Waals surface area contributed by atoms with Crippen molar-refractivity contribution in [2.24, 2.45) is 12.0 Å². The van der Waals surface area contributed by atoms with Crippen molar-refractivity contribution in [1.82, 2.24) is 25.3 Å². The van der Waals surface area contributed by atoms with Gasteiger partial charge in [-0.25, -0.2) is 9.79 Å². The fourth-order valence-electron chi connectivity index (χ4n) is 2.28. The number of carbonyl (C=O) groups is 1. The molecule has 2 rings (SSSR count). The first-order valence-electron chi connectivity index (χ1n) is 8.28. The topological polar surface area (TPSA) is 83.8 Å². The average Bonchev–Trinajstić information content (AvgIpc) is 2.82. The lowest BCUT2D eigenvalue weighted by Crippen LogP contribution is -2.63. The number of nitrogens with one attached hydrogen (secondary N) is 2. The van der Waals surface area contributed by atoms with Crippen LogP contribution in [0.4, 0.5) is 4.79 Å². The van der Waals surface area contributed by atoms with Gasteiger partial charge in [0, 0.05) is 32.9 Å². The van der Waals surface area contributed by atoms with E-state index in [0.29, 0.717) is 19.6 Å². The first-order chi connectivity index (χ1) is 11.3. The highest BCUT2D eigenvalue weighted by Gasteiger charge is 2.34. The summed E-state index contributed by atoms with van der Waals surface area (Å²) in [5.74, 6) is 0.743. The minimum atomic E-state index is -0.463. The largest absolute Gasteiger partial charge is 0.444 e. The Kier molecular flexibility index (Phi) is 7.97. The third-order valence-corrected chi connectivity index (χ3v) is 3.54. The second kappa shape index (κ2) is 9.25. The number of carbonyl (C=O) groups excluding carboxylic acids is 1. The average molecular weight is 464 g/mol. The van der Waals surface area contributed by atoms with Gasteiger partial charge in [0.2, 0.25) is 0 Å². The number of hydrogen-bond donors (Lipinski definition) is 2. The molecule has 9 heteroatoms. The number of guanidine groups is 1. The van der Waals surface area contributed by atoms with Gasteiger partial charge in [0.25, 0.3) is 0 Å². The first-order valence-corrected chi connectivity index (χ1v) is 8.28.